The average Bonchev–Trinajstić information content (AvgIpc) is 2.72. The van der Waals surface area contributed by atoms with Gasteiger partial charge in [0.15, 0.2) is 0 Å². The van der Waals surface area contributed by atoms with Gasteiger partial charge in [0.1, 0.15) is 11.6 Å². The Morgan fingerprint density at radius 3 is 2.45 bits per heavy atom. The number of carbonyl (C=O) groups excluding carboxylic acids is 2. The highest BCUT2D eigenvalue weighted by atomic mass is 19.1. The van der Waals surface area contributed by atoms with Crippen molar-refractivity contribution in [1.82, 2.24) is 10.2 Å². The molecular weight excluding hydrogens is 373 g/mol. The molecule has 0 aliphatic carbocycles. The first-order valence-electron chi connectivity index (χ1n) is 9.72. The molecule has 2 N–H and O–H groups in total. The minimum absolute atomic E-state index is 0.0827. The molecule has 2 rings (SSSR count). The van der Waals surface area contributed by atoms with E-state index in [0.29, 0.717) is 31.1 Å². The number of hydrogen-bond donors (Lipinski definition) is 2. The lowest BCUT2D eigenvalue weighted by atomic mass is 10.2. The molecule has 0 fully saturated rings. The number of benzene rings is 2. The van der Waals surface area contributed by atoms with E-state index in [-0.39, 0.29) is 24.2 Å². The lowest BCUT2D eigenvalue weighted by Crippen LogP contribution is -2.46. The van der Waals surface area contributed by atoms with E-state index in [1.54, 1.807) is 36.1 Å². The Morgan fingerprint density at radius 2 is 1.79 bits per heavy atom. The van der Waals surface area contributed by atoms with Crippen molar-refractivity contribution in [2.75, 3.05) is 25.0 Å². The van der Waals surface area contributed by atoms with Gasteiger partial charge >= 0.3 is 0 Å². The van der Waals surface area contributed by atoms with Crippen molar-refractivity contribution in [1.29, 1.82) is 0 Å². The predicted octanol–water partition coefficient (Wildman–Crippen LogP) is 3.19. The summed E-state index contributed by atoms with van der Waals surface area (Å²) >= 11 is 0. The summed E-state index contributed by atoms with van der Waals surface area (Å²) in [5.74, 6) is -0.130. The molecule has 0 aliphatic rings. The highest BCUT2D eigenvalue weighted by Gasteiger charge is 2.23. The summed E-state index contributed by atoms with van der Waals surface area (Å²) in [6, 6.07) is 12.7. The summed E-state index contributed by atoms with van der Waals surface area (Å²) in [7, 11) is 0. The van der Waals surface area contributed by atoms with Crippen LogP contribution < -0.4 is 15.4 Å². The Morgan fingerprint density at radius 1 is 1.10 bits per heavy atom. The minimum Gasteiger partial charge on any atom is -0.492 e. The topological polar surface area (TPSA) is 70.7 Å². The summed E-state index contributed by atoms with van der Waals surface area (Å²) in [6.07, 6.45) is 0. The van der Waals surface area contributed by atoms with Gasteiger partial charge in [-0.25, -0.2) is 4.39 Å². The van der Waals surface area contributed by atoms with Gasteiger partial charge < -0.3 is 15.4 Å². The molecule has 2 aromatic carbocycles. The first-order valence-corrected chi connectivity index (χ1v) is 9.72. The Bertz CT molecular complexity index is 811. The highest BCUT2D eigenvalue weighted by molar-refractivity contribution is 5.96. The number of para-hydroxylation sites is 2. The van der Waals surface area contributed by atoms with Gasteiger partial charge in [-0.15, -0.1) is 0 Å². The van der Waals surface area contributed by atoms with Gasteiger partial charge in [0, 0.05) is 6.54 Å². The summed E-state index contributed by atoms with van der Waals surface area (Å²) in [4.78, 5) is 26.8. The molecular formula is C22H28FN3O3. The second-order valence-electron chi connectivity index (χ2n) is 6.56. The summed E-state index contributed by atoms with van der Waals surface area (Å²) < 4.78 is 18.5. The van der Waals surface area contributed by atoms with Gasteiger partial charge in [0.2, 0.25) is 11.8 Å². The summed E-state index contributed by atoms with van der Waals surface area (Å²) in [6.45, 7) is 6.95. The van der Waals surface area contributed by atoms with Gasteiger partial charge in [-0.2, -0.15) is 0 Å². The SMILES string of the molecule is CCOc1ccccc1NC(=O)C(C)N(CC)CC(=O)NCc1ccc(F)cc1. The van der Waals surface area contributed by atoms with Crippen molar-refractivity contribution in [2.24, 2.45) is 0 Å². The number of rotatable bonds is 10. The van der Waals surface area contributed by atoms with Gasteiger partial charge in [0.25, 0.3) is 0 Å². The molecule has 0 bridgehead atoms. The maximum atomic E-state index is 13.0. The molecule has 0 saturated heterocycles. The van der Waals surface area contributed by atoms with Crippen LogP contribution in [0.3, 0.4) is 0 Å². The van der Waals surface area contributed by atoms with Crippen LogP contribution in [0.4, 0.5) is 10.1 Å². The number of hydrogen-bond acceptors (Lipinski definition) is 4. The van der Waals surface area contributed by atoms with Gasteiger partial charge in [0.05, 0.1) is 24.9 Å². The molecule has 6 nitrogen and oxygen atoms in total. The van der Waals surface area contributed by atoms with Crippen molar-refractivity contribution in [3.05, 3.63) is 59.9 Å². The molecule has 0 saturated carbocycles. The molecule has 29 heavy (non-hydrogen) atoms. The number of amides is 2. The van der Waals surface area contributed by atoms with E-state index in [0.717, 1.165) is 5.56 Å². The van der Waals surface area contributed by atoms with Crippen LogP contribution in [0.1, 0.15) is 26.3 Å². The van der Waals surface area contributed by atoms with Gasteiger partial charge in [-0.05, 0) is 50.2 Å². The standard InChI is InChI=1S/C22H28FN3O3/c1-4-26(15-21(27)24-14-17-10-12-18(23)13-11-17)16(3)22(28)25-19-8-6-7-9-20(19)29-5-2/h6-13,16H,4-5,14-15H2,1-3H3,(H,24,27)(H,25,28). The third kappa shape index (κ3) is 6.87. The second-order valence-corrected chi connectivity index (χ2v) is 6.56. The summed E-state index contributed by atoms with van der Waals surface area (Å²) in [5, 5.41) is 5.67. The first-order chi connectivity index (χ1) is 13.9. The number of halogens is 1. The maximum Gasteiger partial charge on any atom is 0.241 e. The minimum atomic E-state index is -0.508. The van der Waals surface area contributed by atoms with E-state index in [1.165, 1.54) is 12.1 Å². The van der Waals surface area contributed by atoms with Crippen LogP contribution >= 0.6 is 0 Å². The molecule has 0 heterocycles. The Hall–Kier alpha value is -2.93. The number of nitrogens with one attached hydrogen (secondary N) is 2. The quantitative estimate of drug-likeness (QED) is 0.642. The van der Waals surface area contributed by atoms with E-state index in [2.05, 4.69) is 10.6 Å². The van der Waals surface area contributed by atoms with Crippen LogP contribution in [-0.4, -0.2) is 42.5 Å². The lowest BCUT2D eigenvalue weighted by Gasteiger charge is -2.26. The molecule has 0 radical (unpaired) electrons. The molecule has 0 aliphatic heterocycles. The zero-order valence-corrected chi connectivity index (χ0v) is 17.1. The van der Waals surface area contributed by atoms with E-state index >= 15 is 0 Å². The molecule has 1 unspecified atom stereocenters. The van der Waals surface area contributed by atoms with E-state index in [1.807, 2.05) is 26.0 Å². The fourth-order valence-electron chi connectivity index (χ4n) is 2.82. The van der Waals surface area contributed by atoms with Crippen LogP contribution in [0.2, 0.25) is 0 Å². The number of likely N-dealkylation sites (N-methyl/N-ethyl adjacent to an activating group) is 1. The van der Waals surface area contributed by atoms with Crippen molar-refractivity contribution in [3.63, 3.8) is 0 Å². The number of ether oxygens (including phenoxy) is 1. The normalized spacial score (nSPS) is 11.8. The Labute approximate surface area is 171 Å². The Kier molecular flexibility index (Phi) is 8.61. The zero-order valence-electron chi connectivity index (χ0n) is 17.1. The van der Waals surface area contributed by atoms with Crippen LogP contribution in [0.15, 0.2) is 48.5 Å². The van der Waals surface area contributed by atoms with E-state index < -0.39 is 6.04 Å². The molecule has 2 aromatic rings. The number of nitrogens with zero attached hydrogens (tertiary/aromatic N) is 1. The number of carbonyl (C=O) groups is 2. The molecule has 0 aromatic heterocycles. The third-order valence-corrected chi connectivity index (χ3v) is 4.53. The molecule has 1 atom stereocenters. The monoisotopic (exact) mass is 401 g/mol. The van der Waals surface area contributed by atoms with Crippen LogP contribution in [0.5, 0.6) is 5.75 Å². The maximum absolute atomic E-state index is 13.0. The Balaban J connectivity index is 1.91. The molecule has 156 valence electrons. The zero-order chi connectivity index (χ0) is 21.2. The average molecular weight is 401 g/mol. The first kappa shape index (κ1) is 22.4. The second kappa shape index (κ2) is 11.2. The van der Waals surface area contributed by atoms with Gasteiger partial charge in [-0.1, -0.05) is 31.2 Å². The third-order valence-electron chi connectivity index (χ3n) is 4.53. The molecule has 7 heteroatoms. The number of anilines is 1. The van der Waals surface area contributed by atoms with Crippen molar-refractivity contribution in [2.45, 2.75) is 33.4 Å². The van der Waals surface area contributed by atoms with Crippen molar-refractivity contribution < 1.29 is 18.7 Å². The van der Waals surface area contributed by atoms with Crippen LogP contribution in [0, 0.1) is 5.82 Å². The van der Waals surface area contributed by atoms with Crippen molar-refractivity contribution in [3.8, 4) is 5.75 Å². The van der Waals surface area contributed by atoms with Gasteiger partial charge in [-0.3, -0.25) is 14.5 Å². The highest BCUT2D eigenvalue weighted by Crippen LogP contribution is 2.24. The lowest BCUT2D eigenvalue weighted by molar-refractivity contribution is -0.125. The fraction of sp³-hybridized carbons (Fsp3) is 0.364. The van der Waals surface area contributed by atoms with E-state index in [9.17, 15) is 14.0 Å². The summed E-state index contributed by atoms with van der Waals surface area (Å²) in [5.41, 5.74) is 1.41. The van der Waals surface area contributed by atoms with Crippen LogP contribution in [0.25, 0.3) is 0 Å². The van der Waals surface area contributed by atoms with Crippen LogP contribution in [-0.2, 0) is 16.1 Å². The smallest absolute Gasteiger partial charge is 0.241 e. The predicted molar refractivity (Wildman–Crippen MR) is 111 cm³/mol. The van der Waals surface area contributed by atoms with E-state index in [4.69, 9.17) is 4.74 Å². The molecule has 2 amide bonds. The largest absolute Gasteiger partial charge is 0.492 e. The fourth-order valence-corrected chi connectivity index (χ4v) is 2.82. The van der Waals surface area contributed by atoms with Crippen molar-refractivity contribution >= 4 is 17.5 Å². The molecule has 0 spiro atoms.